The highest BCUT2D eigenvalue weighted by Gasteiger charge is 2.07. The zero-order valence-corrected chi connectivity index (χ0v) is 11.9. The van der Waals surface area contributed by atoms with E-state index in [-0.39, 0.29) is 17.6 Å². The Balaban J connectivity index is 1.94. The van der Waals surface area contributed by atoms with Crippen molar-refractivity contribution in [1.82, 2.24) is 5.32 Å². The molecular formula is C17H20FNO. The van der Waals surface area contributed by atoms with Gasteiger partial charge in [0, 0.05) is 18.2 Å². The van der Waals surface area contributed by atoms with Crippen molar-refractivity contribution in [1.29, 1.82) is 0 Å². The van der Waals surface area contributed by atoms with Gasteiger partial charge in [0.05, 0.1) is 0 Å². The Morgan fingerprint density at radius 1 is 1.15 bits per heavy atom. The molecule has 0 heterocycles. The molecule has 2 aromatic rings. The van der Waals surface area contributed by atoms with Gasteiger partial charge in [-0.25, -0.2) is 4.39 Å². The van der Waals surface area contributed by atoms with Crippen molar-refractivity contribution >= 4 is 0 Å². The molecule has 20 heavy (non-hydrogen) atoms. The molecule has 106 valence electrons. The van der Waals surface area contributed by atoms with Gasteiger partial charge in [-0.3, -0.25) is 0 Å². The van der Waals surface area contributed by atoms with Crippen LogP contribution in [0.15, 0.2) is 42.5 Å². The summed E-state index contributed by atoms with van der Waals surface area (Å²) in [6.45, 7) is 4.64. The lowest BCUT2D eigenvalue weighted by Gasteiger charge is -2.16. The molecule has 0 radical (unpaired) electrons. The molecular weight excluding hydrogens is 253 g/mol. The van der Waals surface area contributed by atoms with Crippen LogP contribution in [0, 0.1) is 12.7 Å². The van der Waals surface area contributed by atoms with Gasteiger partial charge in [0.2, 0.25) is 0 Å². The number of rotatable bonds is 5. The maximum atomic E-state index is 13.1. The highest BCUT2D eigenvalue weighted by atomic mass is 19.1. The summed E-state index contributed by atoms with van der Waals surface area (Å²) in [7, 11) is 0. The van der Waals surface area contributed by atoms with Crippen LogP contribution >= 0.6 is 0 Å². The topological polar surface area (TPSA) is 32.3 Å². The Morgan fingerprint density at radius 2 is 1.90 bits per heavy atom. The maximum Gasteiger partial charge on any atom is 0.123 e. The van der Waals surface area contributed by atoms with E-state index in [1.807, 2.05) is 12.1 Å². The van der Waals surface area contributed by atoms with Crippen molar-refractivity contribution in [3.63, 3.8) is 0 Å². The Morgan fingerprint density at radius 3 is 2.65 bits per heavy atom. The summed E-state index contributed by atoms with van der Waals surface area (Å²) in [5, 5.41) is 13.0. The SMILES string of the molecule is Cc1ccccc1CC(C)NCc1cc(F)ccc1O. The molecule has 1 unspecified atom stereocenters. The van der Waals surface area contributed by atoms with Crippen molar-refractivity contribution in [3.8, 4) is 5.75 Å². The second-order valence-corrected chi connectivity index (χ2v) is 5.19. The molecule has 0 spiro atoms. The van der Waals surface area contributed by atoms with Gasteiger partial charge in [-0.1, -0.05) is 24.3 Å². The van der Waals surface area contributed by atoms with Crippen LogP contribution in [0.4, 0.5) is 4.39 Å². The molecule has 2 rings (SSSR count). The molecule has 2 N–H and O–H groups in total. The fourth-order valence-corrected chi connectivity index (χ4v) is 2.22. The van der Waals surface area contributed by atoms with E-state index in [2.05, 4.69) is 31.3 Å². The van der Waals surface area contributed by atoms with Crippen molar-refractivity contribution < 1.29 is 9.50 Å². The Labute approximate surface area is 119 Å². The number of benzene rings is 2. The second-order valence-electron chi connectivity index (χ2n) is 5.19. The van der Waals surface area contributed by atoms with Crippen LogP contribution in [0.5, 0.6) is 5.75 Å². The van der Waals surface area contributed by atoms with E-state index in [0.29, 0.717) is 12.1 Å². The monoisotopic (exact) mass is 273 g/mol. The van der Waals surface area contributed by atoms with Crippen molar-refractivity contribution in [2.75, 3.05) is 0 Å². The van der Waals surface area contributed by atoms with Crippen molar-refractivity contribution in [2.24, 2.45) is 0 Å². The van der Waals surface area contributed by atoms with Gasteiger partial charge in [0.1, 0.15) is 11.6 Å². The lowest BCUT2D eigenvalue weighted by Crippen LogP contribution is -2.27. The Hall–Kier alpha value is -1.87. The zero-order chi connectivity index (χ0) is 14.5. The third kappa shape index (κ3) is 3.81. The maximum absolute atomic E-state index is 13.1. The second kappa shape index (κ2) is 6.53. The first-order valence-electron chi connectivity index (χ1n) is 6.81. The van der Waals surface area contributed by atoms with Crippen LogP contribution < -0.4 is 5.32 Å². The van der Waals surface area contributed by atoms with Crippen molar-refractivity contribution in [3.05, 3.63) is 65.0 Å². The first-order chi connectivity index (χ1) is 9.56. The standard InChI is InChI=1S/C17H20FNO/c1-12-5-3-4-6-14(12)9-13(2)19-11-15-10-16(18)7-8-17(15)20/h3-8,10,13,19-20H,9,11H2,1-2H3. The predicted octanol–water partition coefficient (Wildman–Crippen LogP) is 3.56. The van der Waals surface area contributed by atoms with Crippen LogP contribution in [-0.4, -0.2) is 11.1 Å². The lowest BCUT2D eigenvalue weighted by molar-refractivity contribution is 0.455. The fourth-order valence-electron chi connectivity index (χ4n) is 2.22. The van der Waals surface area contributed by atoms with E-state index in [0.717, 1.165) is 6.42 Å². The van der Waals surface area contributed by atoms with Gasteiger partial charge < -0.3 is 10.4 Å². The van der Waals surface area contributed by atoms with Crippen LogP contribution in [0.1, 0.15) is 23.6 Å². The summed E-state index contributed by atoms with van der Waals surface area (Å²) in [6.07, 6.45) is 0.906. The number of phenolic OH excluding ortho intramolecular Hbond substituents is 1. The molecule has 0 saturated heterocycles. The average Bonchev–Trinajstić information content (AvgIpc) is 2.42. The van der Waals surface area contributed by atoms with Gasteiger partial charge in [0.15, 0.2) is 0 Å². The third-order valence-electron chi connectivity index (χ3n) is 3.47. The van der Waals surface area contributed by atoms with Crippen molar-refractivity contribution in [2.45, 2.75) is 32.9 Å². The van der Waals surface area contributed by atoms with E-state index < -0.39 is 0 Å². The molecule has 0 aliphatic carbocycles. The summed E-state index contributed by atoms with van der Waals surface area (Å²) < 4.78 is 13.1. The zero-order valence-electron chi connectivity index (χ0n) is 11.9. The van der Waals surface area contributed by atoms with E-state index in [9.17, 15) is 9.50 Å². The average molecular weight is 273 g/mol. The summed E-state index contributed by atoms with van der Waals surface area (Å²) in [4.78, 5) is 0. The van der Waals surface area contributed by atoms with Gasteiger partial charge in [-0.05, 0) is 49.6 Å². The lowest BCUT2D eigenvalue weighted by atomic mass is 10.0. The molecule has 1 atom stereocenters. The summed E-state index contributed by atoms with van der Waals surface area (Å²) in [6, 6.07) is 12.5. The number of phenols is 1. The van der Waals surface area contributed by atoms with E-state index in [4.69, 9.17) is 0 Å². The highest BCUT2D eigenvalue weighted by Crippen LogP contribution is 2.18. The highest BCUT2D eigenvalue weighted by molar-refractivity contribution is 5.32. The minimum atomic E-state index is -0.328. The number of nitrogens with one attached hydrogen (secondary N) is 1. The molecule has 2 nitrogen and oxygen atoms in total. The minimum absolute atomic E-state index is 0.127. The molecule has 0 fully saturated rings. The number of hydrogen-bond acceptors (Lipinski definition) is 2. The first kappa shape index (κ1) is 14.5. The normalized spacial score (nSPS) is 12.3. The van der Waals surface area contributed by atoms with Gasteiger partial charge >= 0.3 is 0 Å². The van der Waals surface area contributed by atoms with Gasteiger partial charge in [0.25, 0.3) is 0 Å². The molecule has 0 saturated carbocycles. The van der Waals surface area contributed by atoms with Crippen LogP contribution in [-0.2, 0) is 13.0 Å². The van der Waals surface area contributed by atoms with Gasteiger partial charge in [-0.2, -0.15) is 0 Å². The molecule has 0 aliphatic rings. The van der Waals surface area contributed by atoms with E-state index in [1.165, 1.54) is 29.3 Å². The summed E-state index contributed by atoms with van der Waals surface area (Å²) in [5.74, 6) is -0.201. The predicted molar refractivity (Wildman–Crippen MR) is 79.2 cm³/mol. The number of hydrogen-bond donors (Lipinski definition) is 2. The Bertz CT molecular complexity index is 583. The number of halogens is 1. The molecule has 0 aliphatic heterocycles. The molecule has 3 heteroatoms. The smallest absolute Gasteiger partial charge is 0.123 e. The number of aryl methyl sites for hydroxylation is 1. The fraction of sp³-hybridized carbons (Fsp3) is 0.294. The quantitative estimate of drug-likeness (QED) is 0.873. The molecule has 2 aromatic carbocycles. The molecule has 0 aromatic heterocycles. The first-order valence-corrected chi connectivity index (χ1v) is 6.81. The van der Waals surface area contributed by atoms with E-state index in [1.54, 1.807) is 0 Å². The Kier molecular flexibility index (Phi) is 4.74. The molecule has 0 bridgehead atoms. The summed E-state index contributed by atoms with van der Waals surface area (Å²) in [5.41, 5.74) is 3.16. The van der Waals surface area contributed by atoms with E-state index >= 15 is 0 Å². The third-order valence-corrected chi connectivity index (χ3v) is 3.47. The van der Waals surface area contributed by atoms with Crippen LogP contribution in [0.3, 0.4) is 0 Å². The largest absolute Gasteiger partial charge is 0.508 e. The van der Waals surface area contributed by atoms with Crippen LogP contribution in [0.25, 0.3) is 0 Å². The minimum Gasteiger partial charge on any atom is -0.508 e. The summed E-state index contributed by atoms with van der Waals surface area (Å²) >= 11 is 0. The number of aromatic hydroxyl groups is 1. The van der Waals surface area contributed by atoms with Gasteiger partial charge in [-0.15, -0.1) is 0 Å². The van der Waals surface area contributed by atoms with Crippen LogP contribution in [0.2, 0.25) is 0 Å². The molecule has 0 amide bonds.